The van der Waals surface area contributed by atoms with Gasteiger partial charge in [-0.15, -0.1) is 34.5 Å². The molecule has 0 spiro atoms. The summed E-state index contributed by atoms with van der Waals surface area (Å²) in [6.45, 7) is 11.7. The molecule has 0 nitrogen and oxygen atoms in total. The molecule has 0 saturated heterocycles. The van der Waals surface area contributed by atoms with Gasteiger partial charge in [-0.05, 0) is 46.4 Å². The van der Waals surface area contributed by atoms with Crippen molar-refractivity contribution in [1.29, 1.82) is 0 Å². The van der Waals surface area contributed by atoms with Crippen molar-refractivity contribution in [2.45, 2.75) is 52.2 Å². The first-order valence-electron chi connectivity index (χ1n) is 11.4. The molecule has 3 heterocycles. The van der Waals surface area contributed by atoms with E-state index in [9.17, 15) is 0 Å². The molecule has 0 N–H and O–H groups in total. The summed E-state index contributed by atoms with van der Waals surface area (Å²) in [5, 5.41) is 9.17. The van der Waals surface area contributed by atoms with Gasteiger partial charge in [0.05, 0.1) is 8.07 Å². The average Bonchev–Trinajstić information content (AvgIpc) is 3.45. The minimum absolute atomic E-state index is 0. The zero-order chi connectivity index (χ0) is 21.8. The number of hydrogen-bond acceptors (Lipinski definition) is 1. The SMILES string of the molecule is CC1=C2c3cscc3C1[Si]2(C)C.CCCc1ccc(-c2cccc3[cH-]c(C)cc23)cc1.[Cl-].[Cl-].[Zr+3]. The van der Waals surface area contributed by atoms with Crippen molar-refractivity contribution in [3.8, 4) is 11.1 Å². The Kier molecular flexibility index (Phi) is 9.93. The molecule has 1 aliphatic carbocycles. The van der Waals surface area contributed by atoms with Crippen LogP contribution in [0.2, 0.25) is 13.1 Å². The fourth-order valence-electron chi connectivity index (χ4n) is 5.95. The summed E-state index contributed by atoms with van der Waals surface area (Å²) >= 11 is 1.87. The Hall–Kier alpha value is -0.830. The summed E-state index contributed by atoms with van der Waals surface area (Å²) in [7, 11) is -0.976. The standard InChI is InChI=1S/C19H19.C10H12SSi.2ClH.Zr/c1-3-5-15-8-10-16(11-9-15)18-7-4-6-17-12-14(2)13-19(17)18;1-6-9-7-4-11-5-8(7)10(6)12(9,2)3;;;/h4,6-13H,3,5H2,1-2H3;4-5,9H,1-3H3;2*1H;/q-1;;;;+3/p-2. The predicted molar refractivity (Wildman–Crippen MR) is 141 cm³/mol. The Labute approximate surface area is 241 Å². The number of allylic oxidation sites excluding steroid dienone is 1. The van der Waals surface area contributed by atoms with Crippen LogP contribution in [0.3, 0.4) is 0 Å². The molecule has 4 aromatic rings. The van der Waals surface area contributed by atoms with Crippen molar-refractivity contribution in [3.05, 3.63) is 93.2 Å². The molecule has 5 heteroatoms. The minimum atomic E-state index is -0.976. The van der Waals surface area contributed by atoms with E-state index in [1.54, 1.807) is 21.9 Å². The number of hydrogen-bond donors (Lipinski definition) is 0. The van der Waals surface area contributed by atoms with E-state index >= 15 is 0 Å². The first-order valence-corrected chi connectivity index (χ1v) is 15.5. The van der Waals surface area contributed by atoms with E-state index in [0.717, 1.165) is 5.54 Å². The van der Waals surface area contributed by atoms with Crippen LogP contribution < -0.4 is 24.8 Å². The molecule has 0 saturated carbocycles. The van der Waals surface area contributed by atoms with Crippen LogP contribution in [-0.2, 0) is 32.6 Å². The molecule has 1 aromatic heterocycles. The van der Waals surface area contributed by atoms with Crippen LogP contribution >= 0.6 is 11.3 Å². The van der Waals surface area contributed by atoms with Crippen LogP contribution in [0.5, 0.6) is 0 Å². The van der Waals surface area contributed by atoms with Crippen LogP contribution in [0.15, 0.2) is 70.9 Å². The predicted octanol–water partition coefficient (Wildman–Crippen LogP) is 2.91. The Morgan fingerprint density at radius 3 is 2.26 bits per heavy atom. The van der Waals surface area contributed by atoms with Crippen molar-refractivity contribution in [3.63, 3.8) is 0 Å². The third-order valence-electron chi connectivity index (χ3n) is 7.16. The summed E-state index contributed by atoms with van der Waals surface area (Å²) in [5.41, 5.74) is 11.3. The van der Waals surface area contributed by atoms with E-state index < -0.39 is 8.07 Å². The van der Waals surface area contributed by atoms with Gasteiger partial charge in [-0.2, -0.15) is 17.4 Å². The molecule has 2 bridgehead atoms. The molecule has 0 amide bonds. The van der Waals surface area contributed by atoms with Crippen LogP contribution in [0.1, 0.15) is 48.1 Å². The third-order valence-corrected chi connectivity index (χ3v) is 12.1. The smallest absolute Gasteiger partial charge is 1.00 e. The third kappa shape index (κ3) is 4.89. The summed E-state index contributed by atoms with van der Waals surface area (Å²) < 4.78 is 0. The number of fused-ring (bicyclic) bond motifs is 1. The Morgan fingerprint density at radius 1 is 0.941 bits per heavy atom. The second-order valence-corrected chi connectivity index (χ2v) is 15.0. The van der Waals surface area contributed by atoms with E-state index in [2.05, 4.69) is 99.2 Å². The summed E-state index contributed by atoms with van der Waals surface area (Å²) in [4.78, 5) is 0. The van der Waals surface area contributed by atoms with Crippen molar-refractivity contribution in [2.75, 3.05) is 0 Å². The van der Waals surface area contributed by atoms with Crippen LogP contribution in [-0.4, -0.2) is 8.07 Å². The maximum atomic E-state index is 2.50. The number of aryl methyl sites for hydroxylation is 2. The monoisotopic (exact) mass is 599 g/mol. The molecule has 3 aromatic carbocycles. The fraction of sp³-hybridized carbons (Fsp3) is 0.276. The molecule has 1 atom stereocenters. The molecular weight excluding hydrogens is 571 g/mol. The molecule has 7 rings (SSSR count). The van der Waals surface area contributed by atoms with Crippen LogP contribution in [0.25, 0.3) is 27.1 Å². The van der Waals surface area contributed by atoms with E-state index in [1.165, 1.54) is 45.9 Å². The Morgan fingerprint density at radius 2 is 1.65 bits per heavy atom. The molecular formula is C29H31Cl2SSiZr. The summed E-state index contributed by atoms with van der Waals surface area (Å²) in [6, 6.07) is 20.1. The number of rotatable bonds is 3. The van der Waals surface area contributed by atoms with E-state index in [1.807, 2.05) is 11.3 Å². The average molecular weight is 602 g/mol. The van der Waals surface area contributed by atoms with Gasteiger partial charge in [0.2, 0.25) is 0 Å². The van der Waals surface area contributed by atoms with Gasteiger partial charge in [-0.25, -0.2) is 0 Å². The van der Waals surface area contributed by atoms with Gasteiger partial charge in [0.25, 0.3) is 0 Å². The van der Waals surface area contributed by atoms with Gasteiger partial charge < -0.3 is 24.8 Å². The van der Waals surface area contributed by atoms with Crippen LogP contribution in [0.4, 0.5) is 0 Å². The first kappa shape index (κ1) is 29.4. The van der Waals surface area contributed by atoms with Crippen molar-refractivity contribution in [2.24, 2.45) is 0 Å². The fourth-order valence-corrected chi connectivity index (χ4v) is 11.4. The number of halogens is 2. The molecule has 175 valence electrons. The zero-order valence-corrected chi connectivity index (χ0v) is 26.3. The van der Waals surface area contributed by atoms with Gasteiger partial charge in [0, 0.05) is 5.54 Å². The summed E-state index contributed by atoms with van der Waals surface area (Å²) in [5.74, 6) is 0. The van der Waals surface area contributed by atoms with E-state index in [4.69, 9.17) is 0 Å². The van der Waals surface area contributed by atoms with Crippen molar-refractivity contribution >= 4 is 35.4 Å². The Bertz CT molecular complexity index is 1300. The van der Waals surface area contributed by atoms with Crippen LogP contribution in [0, 0.1) is 6.92 Å². The Balaban J connectivity index is 0.000000238. The van der Waals surface area contributed by atoms with E-state index in [-0.39, 0.29) is 51.0 Å². The van der Waals surface area contributed by atoms with Gasteiger partial charge >= 0.3 is 26.2 Å². The molecule has 1 unspecified atom stereocenters. The van der Waals surface area contributed by atoms with Gasteiger partial charge in [0.15, 0.2) is 0 Å². The number of benzene rings is 2. The van der Waals surface area contributed by atoms with Crippen molar-refractivity contribution < 1.29 is 51.0 Å². The van der Waals surface area contributed by atoms with E-state index in [0.29, 0.717) is 0 Å². The van der Waals surface area contributed by atoms with Gasteiger partial charge in [0.1, 0.15) is 0 Å². The van der Waals surface area contributed by atoms with Gasteiger partial charge in [-0.3, -0.25) is 0 Å². The minimum Gasteiger partial charge on any atom is -1.00 e. The number of thiophene rings is 1. The molecule has 2 aliphatic heterocycles. The molecule has 3 aliphatic rings. The first-order chi connectivity index (χ1) is 14.9. The maximum Gasteiger partial charge on any atom is 3.00 e. The maximum absolute atomic E-state index is 2.50. The molecule has 0 fully saturated rings. The zero-order valence-electron chi connectivity index (χ0n) is 20.5. The van der Waals surface area contributed by atoms with Crippen molar-refractivity contribution in [1.82, 2.24) is 0 Å². The topological polar surface area (TPSA) is 0 Å². The summed E-state index contributed by atoms with van der Waals surface area (Å²) in [6.07, 6.45) is 2.37. The second kappa shape index (κ2) is 11.5. The molecule has 1 radical (unpaired) electrons. The van der Waals surface area contributed by atoms with Gasteiger partial charge in [-0.1, -0.05) is 80.0 Å². The quantitative estimate of drug-likeness (QED) is 0.250. The normalized spacial score (nSPS) is 16.3. The largest absolute Gasteiger partial charge is 3.00 e. The molecule has 34 heavy (non-hydrogen) atoms. The second-order valence-electron chi connectivity index (χ2n) is 9.74.